The Morgan fingerprint density at radius 3 is 2.82 bits per heavy atom. The molecule has 17 heavy (non-hydrogen) atoms. The number of anilines is 1. The van der Waals surface area contributed by atoms with E-state index in [-0.39, 0.29) is 5.95 Å². The second kappa shape index (κ2) is 5.09. The van der Waals surface area contributed by atoms with Gasteiger partial charge >= 0.3 is 6.01 Å². The van der Waals surface area contributed by atoms with Crippen LogP contribution < -0.4 is 10.5 Å². The van der Waals surface area contributed by atoms with Gasteiger partial charge in [-0.1, -0.05) is 6.92 Å². The highest BCUT2D eigenvalue weighted by Gasteiger charge is 2.10. The highest BCUT2D eigenvalue weighted by Crippen LogP contribution is 2.27. The summed E-state index contributed by atoms with van der Waals surface area (Å²) in [5, 5.41) is 2.00. The standard InChI is InChI=1S/C11H14N4OS/c1-3-5-16-11-14-9(13-10(12)15-11)8-7(2)4-6-17-8/h4,6H,3,5H2,1-2H3,(H2,12,13,14,15). The first-order valence-corrected chi connectivity index (χ1v) is 6.27. The lowest BCUT2D eigenvalue weighted by atomic mass is 10.3. The Hall–Kier alpha value is -1.69. The van der Waals surface area contributed by atoms with Gasteiger partial charge in [0.05, 0.1) is 11.5 Å². The quantitative estimate of drug-likeness (QED) is 0.901. The molecule has 5 nitrogen and oxygen atoms in total. The number of nitrogen functional groups attached to an aromatic ring is 1. The van der Waals surface area contributed by atoms with Gasteiger partial charge in [0.25, 0.3) is 0 Å². The van der Waals surface area contributed by atoms with Crippen molar-refractivity contribution in [1.29, 1.82) is 0 Å². The van der Waals surface area contributed by atoms with Gasteiger partial charge in [0.2, 0.25) is 5.95 Å². The summed E-state index contributed by atoms with van der Waals surface area (Å²) in [5.74, 6) is 0.769. The molecule has 0 atom stereocenters. The molecule has 0 aliphatic heterocycles. The number of hydrogen-bond donors (Lipinski definition) is 1. The van der Waals surface area contributed by atoms with Crippen molar-refractivity contribution in [3.63, 3.8) is 0 Å². The van der Waals surface area contributed by atoms with Crippen LogP contribution in [0.2, 0.25) is 0 Å². The summed E-state index contributed by atoms with van der Waals surface area (Å²) in [5.41, 5.74) is 6.78. The minimum absolute atomic E-state index is 0.189. The van der Waals surface area contributed by atoms with E-state index in [2.05, 4.69) is 15.0 Å². The predicted octanol–water partition coefficient (Wildman–Crippen LogP) is 2.28. The molecule has 0 bridgehead atoms. The van der Waals surface area contributed by atoms with Crippen LogP contribution in [0.15, 0.2) is 11.4 Å². The molecule has 0 unspecified atom stereocenters. The maximum Gasteiger partial charge on any atom is 0.321 e. The number of aromatic nitrogens is 3. The van der Waals surface area contributed by atoms with E-state index < -0.39 is 0 Å². The summed E-state index contributed by atoms with van der Waals surface area (Å²) < 4.78 is 5.38. The Kier molecular flexibility index (Phi) is 3.53. The topological polar surface area (TPSA) is 73.9 Å². The van der Waals surface area contributed by atoms with Crippen LogP contribution in [0.25, 0.3) is 10.7 Å². The number of aryl methyl sites for hydroxylation is 1. The summed E-state index contributed by atoms with van der Waals surface area (Å²) in [6.07, 6.45) is 0.902. The molecule has 2 N–H and O–H groups in total. The van der Waals surface area contributed by atoms with Crippen molar-refractivity contribution >= 4 is 17.3 Å². The molecule has 0 saturated heterocycles. The minimum Gasteiger partial charge on any atom is -0.463 e. The smallest absolute Gasteiger partial charge is 0.321 e. The number of nitrogens with two attached hydrogens (primary N) is 1. The number of hydrogen-bond acceptors (Lipinski definition) is 6. The third-order valence-electron chi connectivity index (χ3n) is 2.13. The van der Waals surface area contributed by atoms with Gasteiger partial charge in [0.1, 0.15) is 0 Å². The van der Waals surface area contributed by atoms with Gasteiger partial charge in [-0.3, -0.25) is 0 Å². The summed E-state index contributed by atoms with van der Waals surface area (Å²) in [7, 11) is 0. The largest absolute Gasteiger partial charge is 0.463 e. The normalized spacial score (nSPS) is 10.5. The second-order valence-corrected chi connectivity index (χ2v) is 4.50. The zero-order valence-electron chi connectivity index (χ0n) is 9.80. The van der Waals surface area contributed by atoms with E-state index in [4.69, 9.17) is 10.5 Å². The van der Waals surface area contributed by atoms with Crippen molar-refractivity contribution < 1.29 is 4.74 Å². The first kappa shape index (κ1) is 11.8. The van der Waals surface area contributed by atoms with Gasteiger partial charge in [-0.2, -0.15) is 15.0 Å². The van der Waals surface area contributed by atoms with E-state index in [9.17, 15) is 0 Å². The summed E-state index contributed by atoms with van der Waals surface area (Å²) in [6, 6.07) is 2.31. The molecule has 2 rings (SSSR count). The Morgan fingerprint density at radius 2 is 2.18 bits per heavy atom. The second-order valence-electron chi connectivity index (χ2n) is 3.58. The van der Waals surface area contributed by atoms with Crippen LogP contribution in [0.3, 0.4) is 0 Å². The lowest BCUT2D eigenvalue weighted by molar-refractivity contribution is 0.292. The lowest BCUT2D eigenvalue weighted by Crippen LogP contribution is -2.05. The molecule has 0 fully saturated rings. The molecular weight excluding hydrogens is 236 g/mol. The maximum atomic E-state index is 5.65. The van der Waals surface area contributed by atoms with E-state index >= 15 is 0 Å². The van der Waals surface area contributed by atoms with Crippen LogP contribution in [0.5, 0.6) is 6.01 Å². The average Bonchev–Trinajstić information content (AvgIpc) is 2.72. The van der Waals surface area contributed by atoms with Crippen LogP contribution in [0.1, 0.15) is 18.9 Å². The van der Waals surface area contributed by atoms with E-state index in [0.717, 1.165) is 16.9 Å². The Morgan fingerprint density at radius 1 is 1.35 bits per heavy atom. The number of thiophene rings is 1. The molecule has 6 heteroatoms. The molecule has 2 aromatic heterocycles. The number of nitrogens with zero attached hydrogens (tertiary/aromatic N) is 3. The van der Waals surface area contributed by atoms with E-state index in [1.165, 1.54) is 0 Å². The van der Waals surface area contributed by atoms with Crippen molar-refractivity contribution in [3.8, 4) is 16.7 Å². The fourth-order valence-corrected chi connectivity index (χ4v) is 2.19. The molecule has 90 valence electrons. The highest BCUT2D eigenvalue weighted by molar-refractivity contribution is 7.13. The summed E-state index contributed by atoms with van der Waals surface area (Å²) in [4.78, 5) is 13.3. The highest BCUT2D eigenvalue weighted by atomic mass is 32.1. The first-order valence-electron chi connectivity index (χ1n) is 5.39. The predicted molar refractivity (Wildman–Crippen MR) is 68.1 cm³/mol. The number of rotatable bonds is 4. The molecule has 2 aromatic rings. The molecule has 0 saturated carbocycles. The van der Waals surface area contributed by atoms with Crippen molar-refractivity contribution in [1.82, 2.24) is 15.0 Å². The summed E-state index contributed by atoms with van der Waals surface area (Å²) >= 11 is 1.58. The molecule has 0 aromatic carbocycles. The van der Waals surface area contributed by atoms with E-state index in [1.54, 1.807) is 11.3 Å². The van der Waals surface area contributed by atoms with Gasteiger partial charge in [0, 0.05) is 0 Å². The average molecular weight is 250 g/mol. The molecule has 0 radical (unpaired) electrons. The molecule has 0 spiro atoms. The molecule has 0 aliphatic carbocycles. The van der Waals surface area contributed by atoms with Gasteiger partial charge in [-0.05, 0) is 30.4 Å². The Labute approximate surface area is 104 Å². The van der Waals surface area contributed by atoms with Crippen molar-refractivity contribution in [2.24, 2.45) is 0 Å². The molecule has 0 aliphatic rings. The third-order valence-corrected chi connectivity index (χ3v) is 3.15. The van der Waals surface area contributed by atoms with Gasteiger partial charge in [0.15, 0.2) is 5.82 Å². The van der Waals surface area contributed by atoms with Crippen molar-refractivity contribution in [2.75, 3.05) is 12.3 Å². The van der Waals surface area contributed by atoms with Crippen LogP contribution >= 0.6 is 11.3 Å². The van der Waals surface area contributed by atoms with Crippen LogP contribution in [-0.2, 0) is 0 Å². The number of ether oxygens (including phenoxy) is 1. The third kappa shape index (κ3) is 2.71. The first-order chi connectivity index (χ1) is 8.20. The van der Waals surface area contributed by atoms with Crippen molar-refractivity contribution in [3.05, 3.63) is 17.0 Å². The Bertz CT molecular complexity index is 512. The zero-order valence-corrected chi connectivity index (χ0v) is 10.6. The molecular formula is C11H14N4OS. The van der Waals surface area contributed by atoms with Gasteiger partial charge < -0.3 is 10.5 Å². The molecule has 2 heterocycles. The summed E-state index contributed by atoms with van der Waals surface area (Å²) in [6.45, 7) is 4.61. The van der Waals surface area contributed by atoms with Gasteiger partial charge in [-0.15, -0.1) is 11.3 Å². The minimum atomic E-state index is 0.189. The van der Waals surface area contributed by atoms with E-state index in [1.807, 2.05) is 25.3 Å². The Balaban J connectivity index is 2.35. The monoisotopic (exact) mass is 250 g/mol. The van der Waals surface area contributed by atoms with E-state index in [0.29, 0.717) is 18.4 Å². The van der Waals surface area contributed by atoms with Crippen molar-refractivity contribution in [2.45, 2.75) is 20.3 Å². The lowest BCUT2D eigenvalue weighted by Gasteiger charge is -2.05. The van der Waals surface area contributed by atoms with Crippen LogP contribution in [-0.4, -0.2) is 21.6 Å². The SMILES string of the molecule is CCCOc1nc(N)nc(-c2sccc2C)n1. The van der Waals surface area contributed by atoms with Crippen LogP contribution in [0.4, 0.5) is 5.95 Å². The zero-order chi connectivity index (χ0) is 12.3. The fourth-order valence-electron chi connectivity index (χ4n) is 1.33. The maximum absolute atomic E-state index is 5.65. The molecule has 0 amide bonds. The van der Waals surface area contributed by atoms with Crippen LogP contribution in [0, 0.1) is 6.92 Å². The van der Waals surface area contributed by atoms with Gasteiger partial charge in [-0.25, -0.2) is 0 Å². The fraction of sp³-hybridized carbons (Fsp3) is 0.364.